The van der Waals surface area contributed by atoms with Crippen molar-refractivity contribution in [1.82, 2.24) is 0 Å². The molecule has 2 aromatic rings. The lowest BCUT2D eigenvalue weighted by atomic mass is 10.1. The summed E-state index contributed by atoms with van der Waals surface area (Å²) in [7, 11) is 3.16. The van der Waals surface area contributed by atoms with E-state index >= 15 is 0 Å². The number of aryl methyl sites for hydroxylation is 2. The summed E-state index contributed by atoms with van der Waals surface area (Å²) in [5, 5.41) is 2.90. The third kappa shape index (κ3) is 3.60. The minimum absolute atomic E-state index is 0.112. The van der Waals surface area contributed by atoms with E-state index in [-0.39, 0.29) is 5.91 Å². The van der Waals surface area contributed by atoms with Gasteiger partial charge in [0.2, 0.25) is 0 Å². The van der Waals surface area contributed by atoms with Crippen molar-refractivity contribution in [2.24, 2.45) is 0 Å². The van der Waals surface area contributed by atoms with Crippen LogP contribution in [0, 0.1) is 6.92 Å². The van der Waals surface area contributed by atoms with E-state index in [4.69, 9.17) is 9.47 Å². The summed E-state index contributed by atoms with van der Waals surface area (Å²) in [5.74, 6) is 1.15. The largest absolute Gasteiger partial charge is 0.497 e. The summed E-state index contributed by atoms with van der Waals surface area (Å²) in [4.78, 5) is 14.3. The van der Waals surface area contributed by atoms with Crippen molar-refractivity contribution in [3.8, 4) is 11.5 Å². The highest BCUT2D eigenvalue weighted by atomic mass is 32.1. The molecule has 22 heavy (non-hydrogen) atoms. The molecular formula is C17H21NO3S. The topological polar surface area (TPSA) is 47.6 Å². The minimum Gasteiger partial charge on any atom is -0.497 e. The smallest absolute Gasteiger partial charge is 0.265 e. The fraction of sp³-hybridized carbons (Fsp3) is 0.353. The van der Waals surface area contributed by atoms with Crippen LogP contribution in [0.3, 0.4) is 0 Å². The Morgan fingerprint density at radius 2 is 2.00 bits per heavy atom. The van der Waals surface area contributed by atoms with Gasteiger partial charge in [-0.25, -0.2) is 0 Å². The molecule has 1 aromatic heterocycles. The second-order valence-corrected chi connectivity index (χ2v) is 6.22. The Bertz CT molecular complexity index is 664. The Balaban J connectivity index is 2.19. The number of hydrogen-bond acceptors (Lipinski definition) is 4. The van der Waals surface area contributed by atoms with Crippen LogP contribution < -0.4 is 14.8 Å². The average Bonchev–Trinajstić information content (AvgIpc) is 2.89. The van der Waals surface area contributed by atoms with Crippen molar-refractivity contribution in [3.63, 3.8) is 0 Å². The van der Waals surface area contributed by atoms with Gasteiger partial charge >= 0.3 is 0 Å². The quantitative estimate of drug-likeness (QED) is 0.864. The zero-order valence-electron chi connectivity index (χ0n) is 13.4. The number of ether oxygens (including phenoxy) is 2. The highest BCUT2D eigenvalue weighted by molar-refractivity contribution is 7.14. The number of amides is 1. The summed E-state index contributed by atoms with van der Waals surface area (Å²) >= 11 is 1.53. The second kappa shape index (κ2) is 7.31. The molecule has 0 aliphatic heterocycles. The minimum atomic E-state index is -0.112. The molecule has 1 aromatic carbocycles. The van der Waals surface area contributed by atoms with E-state index in [9.17, 15) is 4.79 Å². The Labute approximate surface area is 135 Å². The Morgan fingerprint density at radius 1 is 1.23 bits per heavy atom. The summed E-state index contributed by atoms with van der Waals surface area (Å²) < 4.78 is 10.5. The van der Waals surface area contributed by atoms with Crippen molar-refractivity contribution >= 4 is 22.9 Å². The monoisotopic (exact) mass is 319 g/mol. The lowest BCUT2D eigenvalue weighted by Crippen LogP contribution is -2.11. The van der Waals surface area contributed by atoms with Crippen LogP contribution in [0.25, 0.3) is 0 Å². The SMILES string of the molecule is CCCc1cc(C(=O)Nc2ccc(OC)cc2OC)sc1C. The van der Waals surface area contributed by atoms with Crippen LogP contribution >= 0.6 is 11.3 Å². The van der Waals surface area contributed by atoms with Gasteiger partial charge in [0.15, 0.2) is 0 Å². The van der Waals surface area contributed by atoms with Gasteiger partial charge in [0, 0.05) is 10.9 Å². The highest BCUT2D eigenvalue weighted by Gasteiger charge is 2.14. The number of carbonyl (C=O) groups is 1. The molecule has 2 rings (SSSR count). The Hall–Kier alpha value is -2.01. The number of nitrogens with one attached hydrogen (secondary N) is 1. The lowest BCUT2D eigenvalue weighted by molar-refractivity contribution is 0.103. The highest BCUT2D eigenvalue weighted by Crippen LogP contribution is 2.30. The predicted molar refractivity (Wildman–Crippen MR) is 90.6 cm³/mol. The first kappa shape index (κ1) is 16.4. The van der Waals surface area contributed by atoms with Crippen LogP contribution in [0.15, 0.2) is 24.3 Å². The maximum atomic E-state index is 12.4. The normalized spacial score (nSPS) is 10.4. The zero-order chi connectivity index (χ0) is 16.1. The molecule has 0 unspecified atom stereocenters. The summed E-state index contributed by atoms with van der Waals surface area (Å²) in [6.45, 7) is 4.19. The molecular weight excluding hydrogens is 298 g/mol. The molecule has 1 heterocycles. The van der Waals surface area contributed by atoms with Gasteiger partial charge < -0.3 is 14.8 Å². The van der Waals surface area contributed by atoms with Gasteiger partial charge in [-0.15, -0.1) is 11.3 Å². The second-order valence-electron chi connectivity index (χ2n) is 4.96. The van der Waals surface area contributed by atoms with E-state index < -0.39 is 0 Å². The molecule has 5 heteroatoms. The Kier molecular flexibility index (Phi) is 5.44. The zero-order valence-corrected chi connectivity index (χ0v) is 14.2. The predicted octanol–water partition coefficient (Wildman–Crippen LogP) is 4.28. The van der Waals surface area contributed by atoms with Gasteiger partial charge in [-0.1, -0.05) is 13.3 Å². The van der Waals surface area contributed by atoms with E-state index in [1.54, 1.807) is 32.4 Å². The average molecular weight is 319 g/mol. The van der Waals surface area contributed by atoms with Gasteiger partial charge in [0.05, 0.1) is 24.8 Å². The Morgan fingerprint density at radius 3 is 2.64 bits per heavy atom. The standard InChI is InChI=1S/C17H21NO3S/c1-5-6-12-9-16(22-11(12)2)17(19)18-14-8-7-13(20-3)10-15(14)21-4/h7-10H,5-6H2,1-4H3,(H,18,19). The maximum absolute atomic E-state index is 12.4. The van der Waals surface area contributed by atoms with Crippen molar-refractivity contribution in [2.45, 2.75) is 26.7 Å². The first-order chi connectivity index (χ1) is 10.6. The van der Waals surface area contributed by atoms with Crippen LogP contribution in [0.5, 0.6) is 11.5 Å². The lowest BCUT2D eigenvalue weighted by Gasteiger charge is -2.11. The van der Waals surface area contributed by atoms with Crippen molar-refractivity contribution in [1.29, 1.82) is 0 Å². The molecule has 0 saturated heterocycles. The van der Waals surface area contributed by atoms with Gasteiger partial charge in [0.25, 0.3) is 5.91 Å². The number of methoxy groups -OCH3 is 2. The van der Waals surface area contributed by atoms with Crippen LogP contribution in [0.4, 0.5) is 5.69 Å². The van der Waals surface area contributed by atoms with E-state index in [1.165, 1.54) is 21.8 Å². The van der Waals surface area contributed by atoms with E-state index in [2.05, 4.69) is 19.2 Å². The molecule has 4 nitrogen and oxygen atoms in total. The number of anilines is 1. The summed E-state index contributed by atoms with van der Waals surface area (Å²) in [6.07, 6.45) is 2.08. The van der Waals surface area contributed by atoms with Crippen molar-refractivity contribution in [2.75, 3.05) is 19.5 Å². The number of thiophene rings is 1. The van der Waals surface area contributed by atoms with Gasteiger partial charge in [-0.3, -0.25) is 4.79 Å². The first-order valence-electron chi connectivity index (χ1n) is 7.21. The molecule has 0 aliphatic rings. The molecule has 118 valence electrons. The molecule has 1 amide bonds. The maximum Gasteiger partial charge on any atom is 0.265 e. The van der Waals surface area contributed by atoms with Gasteiger partial charge in [-0.2, -0.15) is 0 Å². The third-order valence-corrected chi connectivity index (χ3v) is 4.51. The van der Waals surface area contributed by atoms with E-state index in [0.29, 0.717) is 17.2 Å². The molecule has 0 spiro atoms. The molecule has 0 fully saturated rings. The van der Waals surface area contributed by atoms with E-state index in [0.717, 1.165) is 17.7 Å². The van der Waals surface area contributed by atoms with Gasteiger partial charge in [-0.05, 0) is 37.1 Å². The summed E-state index contributed by atoms with van der Waals surface area (Å²) in [6, 6.07) is 7.30. The van der Waals surface area contributed by atoms with Gasteiger partial charge in [0.1, 0.15) is 11.5 Å². The molecule has 0 saturated carbocycles. The fourth-order valence-corrected chi connectivity index (χ4v) is 3.20. The molecule has 0 radical (unpaired) electrons. The van der Waals surface area contributed by atoms with Crippen LogP contribution in [-0.4, -0.2) is 20.1 Å². The van der Waals surface area contributed by atoms with Crippen LogP contribution in [0.2, 0.25) is 0 Å². The van der Waals surface area contributed by atoms with Crippen LogP contribution in [-0.2, 0) is 6.42 Å². The van der Waals surface area contributed by atoms with E-state index in [1.807, 2.05) is 6.07 Å². The molecule has 0 bridgehead atoms. The molecule has 1 N–H and O–H groups in total. The van der Waals surface area contributed by atoms with Crippen molar-refractivity contribution < 1.29 is 14.3 Å². The first-order valence-corrected chi connectivity index (χ1v) is 8.03. The number of rotatable bonds is 6. The molecule has 0 aliphatic carbocycles. The number of carbonyl (C=O) groups excluding carboxylic acids is 1. The number of benzene rings is 1. The summed E-state index contributed by atoms with van der Waals surface area (Å²) in [5.41, 5.74) is 1.88. The fourth-order valence-electron chi connectivity index (χ4n) is 2.23. The third-order valence-electron chi connectivity index (χ3n) is 3.42. The van der Waals surface area contributed by atoms with Crippen molar-refractivity contribution in [3.05, 3.63) is 39.6 Å². The molecule has 0 atom stereocenters. The van der Waals surface area contributed by atoms with Crippen LogP contribution in [0.1, 0.15) is 33.5 Å². The number of hydrogen-bond donors (Lipinski definition) is 1.